The van der Waals surface area contributed by atoms with Gasteiger partial charge in [-0.25, -0.2) is 9.07 Å². The second-order valence-electron chi connectivity index (χ2n) is 7.38. The summed E-state index contributed by atoms with van der Waals surface area (Å²) in [6, 6.07) is 13.3. The van der Waals surface area contributed by atoms with E-state index in [0.29, 0.717) is 40.4 Å². The Balaban J connectivity index is 1.53. The minimum absolute atomic E-state index is 0.0480. The van der Waals surface area contributed by atoms with Gasteiger partial charge in [-0.15, -0.1) is 5.10 Å². The highest BCUT2D eigenvalue weighted by molar-refractivity contribution is 7.85. The van der Waals surface area contributed by atoms with Crippen LogP contribution in [0.5, 0.6) is 0 Å². The third-order valence-corrected chi connectivity index (χ3v) is 6.38. The third-order valence-electron chi connectivity index (χ3n) is 5.18. The minimum atomic E-state index is -0.870. The van der Waals surface area contributed by atoms with Crippen LogP contribution in [0.1, 0.15) is 35.0 Å². The van der Waals surface area contributed by atoms with E-state index in [1.807, 2.05) is 6.08 Å². The number of allylic oxidation sites excluding steroid dienone is 1. The van der Waals surface area contributed by atoms with Gasteiger partial charge in [0.25, 0.3) is 5.91 Å². The number of hydrogen-bond donors (Lipinski definition) is 0. The van der Waals surface area contributed by atoms with Crippen molar-refractivity contribution in [3.8, 4) is 5.69 Å². The number of nitrogens with zero attached hydrogens (tertiary/aromatic N) is 4. The van der Waals surface area contributed by atoms with Crippen LogP contribution >= 0.6 is 0 Å². The second kappa shape index (κ2) is 9.35. The summed E-state index contributed by atoms with van der Waals surface area (Å²) >= 11 is 0. The molecule has 0 saturated heterocycles. The summed E-state index contributed by atoms with van der Waals surface area (Å²) in [7, 11) is -0.870. The van der Waals surface area contributed by atoms with Gasteiger partial charge in [0, 0.05) is 46.4 Å². The second-order valence-corrected chi connectivity index (χ2v) is 9.01. The van der Waals surface area contributed by atoms with Crippen LogP contribution in [0.3, 0.4) is 0 Å². The lowest BCUT2D eigenvalue weighted by molar-refractivity contribution is -0.126. The van der Waals surface area contributed by atoms with Gasteiger partial charge >= 0.3 is 0 Å². The van der Waals surface area contributed by atoms with Crippen LogP contribution in [0.2, 0.25) is 0 Å². The number of halogens is 1. The monoisotopic (exact) mass is 452 g/mol. The first-order valence-electron chi connectivity index (χ1n) is 10.1. The van der Waals surface area contributed by atoms with Gasteiger partial charge in [0.1, 0.15) is 11.5 Å². The van der Waals surface area contributed by atoms with Gasteiger partial charge in [-0.05, 0) is 36.3 Å². The van der Waals surface area contributed by atoms with Gasteiger partial charge in [-0.3, -0.25) is 18.7 Å². The number of amides is 2. The normalized spacial score (nSPS) is 15.8. The summed E-state index contributed by atoms with van der Waals surface area (Å²) in [5.74, 6) is -0.260. The number of carbonyl (C=O) groups is 2. The molecule has 0 aliphatic carbocycles. The Morgan fingerprint density at radius 1 is 1.19 bits per heavy atom. The van der Waals surface area contributed by atoms with E-state index in [1.54, 1.807) is 48.7 Å². The molecule has 32 heavy (non-hydrogen) atoms. The molecule has 2 heterocycles. The molecule has 1 unspecified atom stereocenters. The maximum Gasteiger partial charge on any atom is 0.260 e. The van der Waals surface area contributed by atoms with Crippen molar-refractivity contribution < 1.29 is 18.2 Å². The highest BCUT2D eigenvalue weighted by Gasteiger charge is 2.21. The standard InChI is InChI=1S/C23H21FN4O3S/c1-16(29)27(23(30)18-5-3-2-4-6-18)14-19-15-28(26-25-19)20-7-8-21(22(24)13-20)17-9-11-32(31)12-10-17/h2-9,13,15H,10-12,14H2,1H3. The van der Waals surface area contributed by atoms with Gasteiger partial charge in [0.05, 0.1) is 18.4 Å². The average molecular weight is 453 g/mol. The van der Waals surface area contributed by atoms with Gasteiger partial charge in [-0.1, -0.05) is 29.5 Å². The average Bonchev–Trinajstić information content (AvgIpc) is 3.27. The molecule has 0 N–H and O–H groups in total. The molecule has 1 aliphatic heterocycles. The summed E-state index contributed by atoms with van der Waals surface area (Å²) < 4.78 is 27.7. The fraction of sp³-hybridized carbons (Fsp3) is 0.217. The Bertz CT molecular complexity index is 1220. The van der Waals surface area contributed by atoms with Crippen molar-refractivity contribution in [2.75, 3.05) is 11.5 Å². The van der Waals surface area contributed by atoms with Crippen LogP contribution in [0.25, 0.3) is 11.3 Å². The summed E-state index contributed by atoms with van der Waals surface area (Å²) in [6.07, 6.45) is 3.96. The van der Waals surface area contributed by atoms with E-state index in [2.05, 4.69) is 10.3 Å². The molecule has 2 aromatic carbocycles. The Kier molecular flexibility index (Phi) is 6.36. The molecule has 0 spiro atoms. The van der Waals surface area contributed by atoms with E-state index < -0.39 is 28.4 Å². The van der Waals surface area contributed by atoms with Gasteiger partial charge in [0.15, 0.2) is 0 Å². The lowest BCUT2D eigenvalue weighted by Gasteiger charge is -2.17. The summed E-state index contributed by atoms with van der Waals surface area (Å²) in [6.45, 7) is 1.27. The zero-order valence-corrected chi connectivity index (χ0v) is 18.2. The molecule has 9 heteroatoms. The molecule has 3 aromatic rings. The van der Waals surface area contributed by atoms with E-state index in [9.17, 15) is 18.2 Å². The van der Waals surface area contributed by atoms with Crippen LogP contribution < -0.4 is 0 Å². The van der Waals surface area contributed by atoms with Crippen LogP contribution in [0.15, 0.2) is 60.8 Å². The predicted octanol–water partition coefficient (Wildman–Crippen LogP) is 3.13. The number of imide groups is 1. The quantitative estimate of drug-likeness (QED) is 0.594. The van der Waals surface area contributed by atoms with Crippen molar-refractivity contribution in [1.29, 1.82) is 0 Å². The van der Waals surface area contributed by atoms with Crippen LogP contribution in [0, 0.1) is 5.82 Å². The molecule has 0 bridgehead atoms. The molecule has 4 rings (SSSR count). The van der Waals surface area contributed by atoms with Gasteiger partial charge in [0.2, 0.25) is 5.91 Å². The van der Waals surface area contributed by atoms with Crippen molar-refractivity contribution in [2.45, 2.75) is 19.9 Å². The molecule has 0 radical (unpaired) electrons. The predicted molar refractivity (Wildman–Crippen MR) is 119 cm³/mol. The highest BCUT2D eigenvalue weighted by atomic mass is 32.2. The molecule has 1 atom stereocenters. The fourth-order valence-electron chi connectivity index (χ4n) is 3.48. The number of rotatable bonds is 5. The van der Waals surface area contributed by atoms with Crippen molar-refractivity contribution in [3.63, 3.8) is 0 Å². The number of benzene rings is 2. The molecular formula is C23H21FN4O3S. The first kappa shape index (κ1) is 21.8. The molecule has 1 aromatic heterocycles. The largest absolute Gasteiger partial charge is 0.275 e. The highest BCUT2D eigenvalue weighted by Crippen LogP contribution is 2.26. The van der Waals surface area contributed by atoms with E-state index >= 15 is 0 Å². The number of carbonyl (C=O) groups excluding carboxylic acids is 2. The lowest BCUT2D eigenvalue weighted by Crippen LogP contribution is -2.34. The Morgan fingerprint density at radius 3 is 2.62 bits per heavy atom. The van der Waals surface area contributed by atoms with E-state index in [1.165, 1.54) is 17.7 Å². The lowest BCUT2D eigenvalue weighted by atomic mass is 10.0. The smallest absolute Gasteiger partial charge is 0.260 e. The zero-order valence-electron chi connectivity index (χ0n) is 17.4. The van der Waals surface area contributed by atoms with Crippen molar-refractivity contribution in [3.05, 3.63) is 83.4 Å². The Morgan fingerprint density at radius 2 is 1.97 bits per heavy atom. The molecule has 7 nitrogen and oxygen atoms in total. The van der Waals surface area contributed by atoms with E-state index in [4.69, 9.17) is 0 Å². The minimum Gasteiger partial charge on any atom is -0.275 e. The molecule has 2 amide bonds. The SMILES string of the molecule is CC(=O)N(Cc1cn(-c2ccc(C3=CCS(=O)CC3)c(F)c2)nn1)C(=O)c1ccccc1. The zero-order chi connectivity index (χ0) is 22.7. The fourth-order valence-corrected chi connectivity index (χ4v) is 4.48. The molecule has 1 aliphatic rings. The maximum atomic E-state index is 14.8. The summed E-state index contributed by atoms with van der Waals surface area (Å²) in [5, 5.41) is 8.06. The third kappa shape index (κ3) is 4.72. The van der Waals surface area contributed by atoms with Crippen LogP contribution in [-0.4, -0.2) is 47.4 Å². The Labute approximate surface area is 187 Å². The van der Waals surface area contributed by atoms with E-state index in [-0.39, 0.29) is 6.54 Å². The summed E-state index contributed by atoms with van der Waals surface area (Å²) in [5.41, 5.74) is 2.60. The van der Waals surface area contributed by atoms with Gasteiger partial charge < -0.3 is 0 Å². The molecular weight excluding hydrogens is 431 g/mol. The Hall–Kier alpha value is -3.46. The molecule has 0 fully saturated rings. The van der Waals surface area contributed by atoms with Crippen molar-refractivity contribution in [2.24, 2.45) is 0 Å². The maximum absolute atomic E-state index is 14.8. The van der Waals surface area contributed by atoms with Crippen LogP contribution in [0.4, 0.5) is 4.39 Å². The van der Waals surface area contributed by atoms with Crippen molar-refractivity contribution in [1.82, 2.24) is 19.9 Å². The van der Waals surface area contributed by atoms with Crippen molar-refractivity contribution >= 4 is 28.2 Å². The number of aromatic nitrogens is 3. The molecule has 164 valence electrons. The number of hydrogen-bond acceptors (Lipinski definition) is 5. The topological polar surface area (TPSA) is 85.2 Å². The first-order chi connectivity index (χ1) is 15.4. The first-order valence-corrected chi connectivity index (χ1v) is 11.5. The van der Waals surface area contributed by atoms with Gasteiger partial charge in [-0.2, -0.15) is 0 Å². The van der Waals surface area contributed by atoms with E-state index in [0.717, 1.165) is 10.5 Å². The molecule has 0 saturated carbocycles. The van der Waals surface area contributed by atoms with Crippen LogP contribution in [-0.2, 0) is 22.1 Å². The summed E-state index contributed by atoms with van der Waals surface area (Å²) in [4.78, 5) is 25.9.